The van der Waals surface area contributed by atoms with E-state index in [1.807, 2.05) is 0 Å². The molecule has 6 nitrogen and oxygen atoms in total. The van der Waals surface area contributed by atoms with Crippen LogP contribution in [0.3, 0.4) is 0 Å². The van der Waals surface area contributed by atoms with Crippen LogP contribution in [0, 0.1) is 0 Å². The molecule has 0 saturated carbocycles. The Bertz CT molecular complexity index is 552. The predicted molar refractivity (Wildman–Crippen MR) is 65.0 cm³/mol. The molecule has 0 N–H and O–H groups in total. The summed E-state index contributed by atoms with van der Waals surface area (Å²) in [7, 11) is 1.32. The molecule has 0 unspecified atom stereocenters. The van der Waals surface area contributed by atoms with Crippen LogP contribution in [-0.2, 0) is 9.53 Å². The monoisotopic (exact) mass is 266 g/mol. The fourth-order valence-electron chi connectivity index (χ4n) is 1.37. The summed E-state index contributed by atoms with van der Waals surface area (Å²) in [6.07, 6.45) is 0. The molecule has 0 aliphatic rings. The highest BCUT2D eigenvalue weighted by molar-refractivity contribution is 6.30. The van der Waals surface area contributed by atoms with Crippen LogP contribution in [0.2, 0.25) is 5.02 Å². The van der Waals surface area contributed by atoms with Crippen molar-refractivity contribution in [3.05, 3.63) is 29.3 Å². The van der Waals surface area contributed by atoms with Crippen molar-refractivity contribution in [2.75, 3.05) is 7.11 Å². The van der Waals surface area contributed by atoms with Gasteiger partial charge in [0.15, 0.2) is 6.04 Å². The number of nitrogens with zero attached hydrogens (tertiary/aromatic N) is 4. The lowest BCUT2D eigenvalue weighted by molar-refractivity contribution is -0.144. The number of halogens is 1. The molecule has 1 heterocycles. The molecular formula is C11H11ClN4O2. The lowest BCUT2D eigenvalue weighted by Gasteiger charge is -2.05. The van der Waals surface area contributed by atoms with Crippen LogP contribution < -0.4 is 0 Å². The molecule has 0 amide bonds. The first-order valence-electron chi connectivity index (χ1n) is 5.25. The van der Waals surface area contributed by atoms with E-state index in [9.17, 15) is 4.79 Å². The molecule has 0 spiro atoms. The quantitative estimate of drug-likeness (QED) is 0.791. The van der Waals surface area contributed by atoms with Gasteiger partial charge in [-0.05, 0) is 36.4 Å². The maximum Gasteiger partial charge on any atom is 0.332 e. The van der Waals surface area contributed by atoms with E-state index in [0.717, 1.165) is 5.56 Å². The number of rotatable bonds is 3. The molecule has 0 fully saturated rings. The van der Waals surface area contributed by atoms with Crippen molar-refractivity contribution in [3.8, 4) is 11.4 Å². The molecule has 2 rings (SSSR count). The van der Waals surface area contributed by atoms with Crippen LogP contribution in [0.25, 0.3) is 11.4 Å². The SMILES string of the molecule is COC(=O)[C@@H](C)n1nnc(-c2ccc(Cl)cc2)n1. The molecule has 0 bridgehead atoms. The van der Waals surface area contributed by atoms with Gasteiger partial charge in [0, 0.05) is 10.6 Å². The minimum absolute atomic E-state index is 0.421. The number of esters is 1. The maximum atomic E-state index is 11.3. The number of hydrogen-bond acceptors (Lipinski definition) is 5. The fraction of sp³-hybridized carbons (Fsp3) is 0.273. The topological polar surface area (TPSA) is 69.9 Å². The number of aromatic nitrogens is 4. The maximum absolute atomic E-state index is 11.3. The zero-order chi connectivity index (χ0) is 13.1. The summed E-state index contributed by atoms with van der Waals surface area (Å²) in [5.41, 5.74) is 0.780. The van der Waals surface area contributed by atoms with E-state index >= 15 is 0 Å². The smallest absolute Gasteiger partial charge is 0.332 e. The van der Waals surface area contributed by atoms with Gasteiger partial charge >= 0.3 is 5.97 Å². The summed E-state index contributed by atoms with van der Waals surface area (Å²) in [4.78, 5) is 12.6. The first-order valence-corrected chi connectivity index (χ1v) is 5.63. The molecular weight excluding hydrogens is 256 g/mol. The van der Waals surface area contributed by atoms with Crippen molar-refractivity contribution in [2.45, 2.75) is 13.0 Å². The summed E-state index contributed by atoms with van der Waals surface area (Å²) in [6.45, 7) is 1.64. The van der Waals surface area contributed by atoms with E-state index in [2.05, 4.69) is 20.1 Å². The highest BCUT2D eigenvalue weighted by atomic mass is 35.5. The minimum Gasteiger partial charge on any atom is -0.467 e. The van der Waals surface area contributed by atoms with Crippen molar-refractivity contribution in [3.63, 3.8) is 0 Å². The van der Waals surface area contributed by atoms with Gasteiger partial charge in [-0.15, -0.1) is 15.0 Å². The second-order valence-electron chi connectivity index (χ2n) is 3.64. The number of hydrogen-bond donors (Lipinski definition) is 0. The molecule has 18 heavy (non-hydrogen) atoms. The molecule has 1 atom stereocenters. The van der Waals surface area contributed by atoms with Crippen molar-refractivity contribution < 1.29 is 9.53 Å². The normalized spacial score (nSPS) is 12.2. The van der Waals surface area contributed by atoms with Crippen LogP contribution in [-0.4, -0.2) is 33.3 Å². The Hall–Kier alpha value is -1.95. The Balaban J connectivity index is 2.25. The third kappa shape index (κ3) is 2.48. The number of methoxy groups -OCH3 is 1. The number of tetrazole rings is 1. The third-order valence-corrected chi connectivity index (χ3v) is 2.67. The summed E-state index contributed by atoms with van der Waals surface area (Å²) < 4.78 is 4.61. The van der Waals surface area contributed by atoms with Gasteiger partial charge in [-0.25, -0.2) is 4.79 Å². The van der Waals surface area contributed by atoms with Crippen LogP contribution in [0.1, 0.15) is 13.0 Å². The lowest BCUT2D eigenvalue weighted by atomic mass is 10.2. The molecule has 1 aromatic carbocycles. The number of ether oxygens (including phenoxy) is 1. The molecule has 0 aliphatic heterocycles. The van der Waals surface area contributed by atoms with Crippen LogP contribution in [0.4, 0.5) is 0 Å². The van der Waals surface area contributed by atoms with Crippen LogP contribution >= 0.6 is 11.6 Å². The van der Waals surface area contributed by atoms with Crippen molar-refractivity contribution in [1.82, 2.24) is 20.2 Å². The van der Waals surface area contributed by atoms with Crippen molar-refractivity contribution in [2.24, 2.45) is 0 Å². The largest absolute Gasteiger partial charge is 0.467 e. The highest BCUT2D eigenvalue weighted by Gasteiger charge is 2.18. The summed E-state index contributed by atoms with van der Waals surface area (Å²) in [5, 5.41) is 12.5. The fourth-order valence-corrected chi connectivity index (χ4v) is 1.49. The lowest BCUT2D eigenvalue weighted by Crippen LogP contribution is -2.20. The van der Waals surface area contributed by atoms with E-state index in [1.165, 1.54) is 11.9 Å². The van der Waals surface area contributed by atoms with Gasteiger partial charge in [0.1, 0.15) is 0 Å². The Morgan fingerprint density at radius 3 is 2.67 bits per heavy atom. The van der Waals surface area contributed by atoms with Gasteiger partial charge in [0.25, 0.3) is 0 Å². The second-order valence-corrected chi connectivity index (χ2v) is 4.08. The Morgan fingerprint density at radius 1 is 1.39 bits per heavy atom. The van der Waals surface area contributed by atoms with Crippen molar-refractivity contribution >= 4 is 17.6 Å². The number of benzene rings is 1. The van der Waals surface area contributed by atoms with E-state index < -0.39 is 12.0 Å². The van der Waals surface area contributed by atoms with Crippen LogP contribution in [0.5, 0.6) is 0 Å². The van der Waals surface area contributed by atoms with Gasteiger partial charge < -0.3 is 4.74 Å². The van der Waals surface area contributed by atoms with E-state index in [4.69, 9.17) is 11.6 Å². The summed E-state index contributed by atoms with van der Waals surface area (Å²) in [6, 6.07) is 6.44. The van der Waals surface area contributed by atoms with E-state index in [-0.39, 0.29) is 0 Å². The first-order chi connectivity index (χ1) is 8.61. The zero-order valence-corrected chi connectivity index (χ0v) is 10.6. The minimum atomic E-state index is -0.608. The van der Waals surface area contributed by atoms with Crippen LogP contribution in [0.15, 0.2) is 24.3 Å². The number of carbonyl (C=O) groups excluding carboxylic acids is 1. The van der Waals surface area contributed by atoms with Gasteiger partial charge in [-0.3, -0.25) is 0 Å². The Labute approximate surface area is 109 Å². The molecule has 7 heteroatoms. The Morgan fingerprint density at radius 2 is 2.06 bits per heavy atom. The summed E-state index contributed by atoms with van der Waals surface area (Å²) in [5.74, 6) is 0.0116. The zero-order valence-electron chi connectivity index (χ0n) is 9.87. The van der Waals surface area contributed by atoms with Gasteiger partial charge in [-0.2, -0.15) is 0 Å². The molecule has 94 valence electrons. The predicted octanol–water partition coefficient (Wildman–Crippen LogP) is 1.73. The third-order valence-electron chi connectivity index (χ3n) is 2.42. The standard InChI is InChI=1S/C11H11ClN4O2/c1-7(11(17)18-2)16-14-10(13-15-16)8-3-5-9(12)6-4-8/h3-7H,1-2H3/t7-/m1/s1. The molecule has 0 aliphatic carbocycles. The molecule has 0 saturated heterocycles. The first kappa shape index (κ1) is 12.5. The summed E-state index contributed by atoms with van der Waals surface area (Å²) >= 11 is 5.79. The Kier molecular flexibility index (Phi) is 3.57. The van der Waals surface area contributed by atoms with Gasteiger partial charge in [-0.1, -0.05) is 11.6 Å². The van der Waals surface area contributed by atoms with Gasteiger partial charge in [0.05, 0.1) is 7.11 Å². The van der Waals surface area contributed by atoms with Crippen molar-refractivity contribution in [1.29, 1.82) is 0 Å². The average molecular weight is 267 g/mol. The molecule has 2 aromatic rings. The second kappa shape index (κ2) is 5.14. The highest BCUT2D eigenvalue weighted by Crippen LogP contribution is 2.17. The van der Waals surface area contributed by atoms with Gasteiger partial charge in [0.2, 0.25) is 5.82 Å². The molecule has 1 aromatic heterocycles. The number of carbonyl (C=O) groups is 1. The average Bonchev–Trinajstić information content (AvgIpc) is 2.87. The molecule has 0 radical (unpaired) electrons. The van der Waals surface area contributed by atoms with E-state index in [1.54, 1.807) is 31.2 Å². The van der Waals surface area contributed by atoms with E-state index in [0.29, 0.717) is 10.8 Å².